The Morgan fingerprint density at radius 3 is 2.29 bits per heavy atom. The molecule has 5 heterocycles. The lowest BCUT2D eigenvalue weighted by Crippen LogP contribution is -2.57. The molecule has 2 aromatic heterocycles. The number of aromatic amines is 1. The number of likely N-dealkylation sites (tertiary alicyclic amines) is 1. The van der Waals surface area contributed by atoms with E-state index in [1.165, 1.54) is 34.1 Å². The minimum atomic E-state index is -5.05. The smallest absolute Gasteiger partial charge is 0.391 e. The van der Waals surface area contributed by atoms with Crippen molar-refractivity contribution in [2.45, 2.75) is 141 Å². The van der Waals surface area contributed by atoms with Crippen LogP contribution in [0, 0.1) is 12.3 Å². The number of thiazole rings is 1. The van der Waals surface area contributed by atoms with E-state index in [-0.39, 0.29) is 74.7 Å². The van der Waals surface area contributed by atoms with Crippen LogP contribution in [0.5, 0.6) is 0 Å². The van der Waals surface area contributed by atoms with Crippen LogP contribution in [0.2, 0.25) is 0 Å². The summed E-state index contributed by atoms with van der Waals surface area (Å²) < 4.78 is 11.6. The molecule has 87 heavy (non-hydrogen) atoms. The zero-order valence-electron chi connectivity index (χ0n) is 49.3. The highest BCUT2D eigenvalue weighted by Crippen LogP contribution is 2.41. The van der Waals surface area contributed by atoms with Gasteiger partial charge in [0, 0.05) is 74.4 Å². The topological polar surface area (TPSA) is 327 Å². The van der Waals surface area contributed by atoms with Crippen LogP contribution in [-0.4, -0.2) is 138 Å². The van der Waals surface area contributed by atoms with Gasteiger partial charge in [0.05, 0.1) is 27.9 Å². The first-order valence-electron chi connectivity index (χ1n) is 29.2. The Kier molecular flexibility index (Phi) is 19.7. The SMILES string of the molecule is Cc1ncsc1-c1ccc(CNC(=O)[C@@H]2C[C@@H](O)CN2C(=O)C(NC(=O)CCCCc2ccc(CN(C)C[C@H](CCC(N)=O)NC(=O)[C@@H]3Cc4cccc5c4N3C(=O)[C@@H](NC(=O)c3cc4cc(C(=O)P(=O)(O)O)ccc4[nH]3)CC5)cc2)C(C)(C)C)cc1. The van der Waals surface area contributed by atoms with E-state index in [4.69, 9.17) is 5.73 Å². The van der Waals surface area contributed by atoms with Gasteiger partial charge in [-0.15, -0.1) is 11.3 Å². The number of unbranched alkanes of at least 4 members (excludes halogenated alkanes) is 1. The van der Waals surface area contributed by atoms with E-state index in [0.717, 1.165) is 44.0 Å². The summed E-state index contributed by atoms with van der Waals surface area (Å²) in [4.78, 5) is 140. The van der Waals surface area contributed by atoms with Crippen LogP contribution in [0.1, 0.15) is 120 Å². The molecule has 3 aliphatic heterocycles. The number of hydrogen-bond donors (Lipinski definition) is 9. The Hall–Kier alpha value is -7.92. The highest BCUT2D eigenvalue weighted by atomic mass is 32.1. The van der Waals surface area contributed by atoms with Crippen molar-refractivity contribution in [1.82, 2.24) is 41.0 Å². The second-order valence-corrected chi connectivity index (χ2v) is 26.5. The zero-order chi connectivity index (χ0) is 62.5. The van der Waals surface area contributed by atoms with E-state index >= 15 is 0 Å². The fourth-order valence-electron chi connectivity index (χ4n) is 11.8. The number of fused-ring (bicyclic) bond motifs is 1. The van der Waals surface area contributed by atoms with Crippen molar-refractivity contribution in [3.63, 3.8) is 0 Å². The number of primary amides is 1. The van der Waals surface area contributed by atoms with E-state index in [1.807, 2.05) is 106 Å². The van der Waals surface area contributed by atoms with E-state index in [2.05, 4.69) is 31.2 Å². The van der Waals surface area contributed by atoms with Gasteiger partial charge in [-0.3, -0.25) is 47.8 Å². The van der Waals surface area contributed by atoms with Gasteiger partial charge in [-0.25, -0.2) is 4.98 Å². The van der Waals surface area contributed by atoms with Crippen LogP contribution in [-0.2, 0) is 65.7 Å². The largest absolute Gasteiger partial charge is 0.396 e. The minimum absolute atomic E-state index is 0.00213. The van der Waals surface area contributed by atoms with Crippen LogP contribution in [0.25, 0.3) is 21.3 Å². The lowest BCUT2D eigenvalue weighted by atomic mass is 9.85. The molecule has 24 heteroatoms. The molecule has 9 rings (SSSR count). The summed E-state index contributed by atoms with van der Waals surface area (Å²) in [6, 6.07) is 22.5. The summed E-state index contributed by atoms with van der Waals surface area (Å²) in [5.74, 6) is -3.17. The molecular formula is C63H75N10O12PS. The lowest BCUT2D eigenvalue weighted by molar-refractivity contribution is -0.144. The number of nitrogens with zero attached hydrogens (tertiary/aromatic N) is 4. The first-order valence-corrected chi connectivity index (χ1v) is 31.7. The average Bonchev–Trinajstić information content (AvgIpc) is 1.71. The predicted molar refractivity (Wildman–Crippen MR) is 328 cm³/mol. The normalized spacial score (nSPS) is 18.2. The van der Waals surface area contributed by atoms with E-state index in [0.29, 0.717) is 55.4 Å². The summed E-state index contributed by atoms with van der Waals surface area (Å²) in [5, 5.41) is 22.9. The molecule has 10 N–H and O–H groups in total. The maximum Gasteiger partial charge on any atom is 0.396 e. The van der Waals surface area contributed by atoms with Crippen molar-refractivity contribution in [2.75, 3.05) is 25.0 Å². The molecule has 1 unspecified atom stereocenters. The quantitative estimate of drug-likeness (QED) is 0.0274. The molecule has 0 aliphatic carbocycles. The van der Waals surface area contributed by atoms with Crippen molar-refractivity contribution >= 4 is 82.4 Å². The van der Waals surface area contributed by atoms with Gasteiger partial charge in [0.25, 0.3) is 11.4 Å². The van der Waals surface area contributed by atoms with Gasteiger partial charge in [-0.2, -0.15) is 0 Å². The lowest BCUT2D eigenvalue weighted by Gasteiger charge is -2.35. The Balaban J connectivity index is 0.750. The Morgan fingerprint density at radius 2 is 1.60 bits per heavy atom. The van der Waals surface area contributed by atoms with E-state index in [1.54, 1.807) is 16.8 Å². The van der Waals surface area contributed by atoms with Gasteiger partial charge in [0.1, 0.15) is 29.9 Å². The third-order valence-corrected chi connectivity index (χ3v) is 18.1. The number of H-pyrrole nitrogens is 1. The summed E-state index contributed by atoms with van der Waals surface area (Å²) in [6.07, 6.45) is 2.45. The standard InChI is InChI=1S/C63H75N10O12PS/c1-36-55(87-35-66-36)41-19-17-38(18-20-41)31-65-58(78)50-30-46(74)34-72(50)61(81)56(63(2,3)4)70-53(76)12-7-6-9-37-13-15-39(16-14-37)32-71(5)33-45(23-26-52(64)75)67-59(79)51-29-42-11-8-10-40-21-25-48(60(80)73(51)54(40)42)69-57(77)49-28-44-27-43(22-24-47(44)68-49)62(82)86(83,84)85/h8,10-11,13-20,22,24,27-28,35,45-46,48,50-51,56,68,74H,6-7,9,12,21,23,25-26,29-34H2,1-5H3,(H2,64,75)(H,65,78)(H,67,79)(H,69,77)(H,70,76)(H2,83,84,85)/t45-,46+,48-,50-,51-,56?/m0/s1. The van der Waals surface area contributed by atoms with Crippen molar-refractivity contribution in [2.24, 2.45) is 11.1 Å². The number of para-hydroxylation sites is 1. The van der Waals surface area contributed by atoms with Gasteiger partial charge in [-0.1, -0.05) is 87.5 Å². The summed E-state index contributed by atoms with van der Waals surface area (Å²) in [6.45, 7) is 8.57. The van der Waals surface area contributed by atoms with Crippen LogP contribution >= 0.6 is 18.9 Å². The number of aryl methyl sites for hydroxylation is 3. The molecule has 460 valence electrons. The number of likely N-dealkylation sites (N-methyl/N-ethyl adjacent to an activating group) is 1. The average molecular weight is 1230 g/mol. The number of benzene rings is 4. The molecule has 4 aromatic carbocycles. The second kappa shape index (κ2) is 27.0. The summed E-state index contributed by atoms with van der Waals surface area (Å²) in [7, 11) is -3.15. The second-order valence-electron chi connectivity index (χ2n) is 24.1. The molecule has 0 bridgehead atoms. The molecule has 3 aliphatic rings. The fraction of sp³-hybridized carbons (Fsp3) is 0.413. The van der Waals surface area contributed by atoms with Crippen molar-refractivity contribution in [3.05, 3.63) is 141 Å². The molecule has 1 fully saturated rings. The highest BCUT2D eigenvalue weighted by Gasteiger charge is 2.46. The van der Waals surface area contributed by atoms with E-state index in [9.17, 15) is 57.8 Å². The zero-order valence-corrected chi connectivity index (χ0v) is 51.0. The Bertz CT molecular complexity index is 3630. The van der Waals surface area contributed by atoms with Gasteiger partial charge < -0.3 is 56.7 Å². The molecular weight excluding hydrogens is 1150 g/mol. The number of β-amino-alcohol motifs (C(OH)–C–C–N with tert-alkyl or cyclic N) is 1. The molecule has 7 amide bonds. The molecule has 6 atom stereocenters. The number of aliphatic hydroxyl groups is 1. The molecule has 6 aromatic rings. The van der Waals surface area contributed by atoms with Gasteiger partial charge >= 0.3 is 7.60 Å². The number of rotatable bonds is 24. The summed E-state index contributed by atoms with van der Waals surface area (Å²) >= 11 is 1.56. The number of nitrogens with one attached hydrogen (secondary N) is 5. The van der Waals surface area contributed by atoms with Crippen LogP contribution in [0.3, 0.4) is 0 Å². The number of nitrogens with two attached hydrogens (primary N) is 1. The third kappa shape index (κ3) is 15.4. The van der Waals surface area contributed by atoms with Crippen LogP contribution in [0.15, 0.2) is 96.5 Å². The van der Waals surface area contributed by atoms with Crippen molar-refractivity contribution in [1.29, 1.82) is 0 Å². The predicted octanol–water partition coefficient (Wildman–Crippen LogP) is 5.32. The van der Waals surface area contributed by atoms with Crippen molar-refractivity contribution < 1.29 is 57.8 Å². The van der Waals surface area contributed by atoms with Gasteiger partial charge in [-0.05, 0) is 116 Å². The Morgan fingerprint density at radius 1 is 0.885 bits per heavy atom. The maximum absolute atomic E-state index is 14.6. The van der Waals surface area contributed by atoms with Gasteiger partial charge in [0.2, 0.25) is 35.4 Å². The number of amides is 7. The number of hydrogen-bond acceptors (Lipinski definition) is 13. The molecule has 0 saturated carbocycles. The van der Waals surface area contributed by atoms with E-state index < -0.39 is 84.4 Å². The monoisotopic (exact) mass is 1230 g/mol. The highest BCUT2D eigenvalue weighted by molar-refractivity contribution is 7.70. The van der Waals surface area contributed by atoms with Crippen LogP contribution in [0.4, 0.5) is 5.69 Å². The first-order chi connectivity index (χ1) is 41.3. The maximum atomic E-state index is 14.6. The Labute approximate surface area is 508 Å². The number of aliphatic hydroxyl groups excluding tert-OH is 1. The molecule has 0 radical (unpaired) electrons. The number of carbonyl (C=O) groups is 8. The van der Waals surface area contributed by atoms with Gasteiger partial charge in [0.15, 0.2) is 0 Å². The number of anilines is 1. The fourth-order valence-corrected chi connectivity index (χ4v) is 13.1. The van der Waals surface area contributed by atoms with Crippen molar-refractivity contribution in [3.8, 4) is 10.4 Å². The number of carbonyl (C=O) groups excluding carboxylic acids is 8. The number of aromatic nitrogens is 2. The summed E-state index contributed by atoms with van der Waals surface area (Å²) in [5.41, 5.74) is 12.8. The first kappa shape index (κ1) is 63.6. The molecule has 1 saturated heterocycles. The minimum Gasteiger partial charge on any atom is -0.391 e. The third-order valence-electron chi connectivity index (χ3n) is 16.3. The molecule has 22 nitrogen and oxygen atoms in total. The molecule has 0 spiro atoms. The van der Waals surface area contributed by atoms with Crippen LogP contribution < -0.4 is 31.9 Å².